The minimum atomic E-state index is -1.58. The molecule has 0 aromatic carbocycles. The third-order valence-electron chi connectivity index (χ3n) is 1.80. The molecular formula is C6H10O8. The highest BCUT2D eigenvalue weighted by molar-refractivity contribution is 4.68. The first-order valence-electron chi connectivity index (χ1n) is 3.92. The van der Waals surface area contributed by atoms with Crippen LogP contribution in [0.15, 0.2) is 0 Å². The third-order valence-corrected chi connectivity index (χ3v) is 1.80. The lowest BCUT2D eigenvalue weighted by Crippen LogP contribution is -2.58. The Morgan fingerprint density at radius 2 is 0.714 bits per heavy atom. The van der Waals surface area contributed by atoms with E-state index >= 15 is 0 Å². The Balaban J connectivity index is 2.01. The van der Waals surface area contributed by atoms with Crippen molar-refractivity contribution in [3.8, 4) is 0 Å². The van der Waals surface area contributed by atoms with Crippen molar-refractivity contribution in [1.29, 1.82) is 0 Å². The highest BCUT2D eigenvalue weighted by Gasteiger charge is 2.45. The Labute approximate surface area is 78.2 Å². The van der Waals surface area contributed by atoms with Crippen LogP contribution in [0.2, 0.25) is 0 Å². The maximum absolute atomic E-state index is 8.99. The van der Waals surface area contributed by atoms with Crippen molar-refractivity contribution < 1.29 is 39.4 Å². The molecular weight excluding hydrogens is 200 g/mol. The maximum Gasteiger partial charge on any atom is 0.215 e. The zero-order valence-electron chi connectivity index (χ0n) is 6.89. The second-order valence-corrected chi connectivity index (χ2v) is 2.84. The van der Waals surface area contributed by atoms with Gasteiger partial charge in [-0.2, -0.15) is 0 Å². The molecule has 2 rings (SSSR count). The number of fused-ring (bicyclic) bond motifs is 1. The van der Waals surface area contributed by atoms with Gasteiger partial charge >= 0.3 is 0 Å². The molecule has 0 spiro atoms. The van der Waals surface area contributed by atoms with Gasteiger partial charge in [-0.25, -0.2) is 0 Å². The van der Waals surface area contributed by atoms with Crippen molar-refractivity contribution in [2.24, 2.45) is 0 Å². The van der Waals surface area contributed by atoms with Crippen LogP contribution in [-0.2, 0) is 18.9 Å². The van der Waals surface area contributed by atoms with E-state index in [1.54, 1.807) is 0 Å². The van der Waals surface area contributed by atoms with Gasteiger partial charge in [0.2, 0.25) is 37.7 Å². The summed E-state index contributed by atoms with van der Waals surface area (Å²) in [6.07, 6.45) is -8.70. The molecule has 14 heavy (non-hydrogen) atoms. The summed E-state index contributed by atoms with van der Waals surface area (Å²) in [6.45, 7) is 0. The minimum absolute atomic E-state index is 1.19. The standard InChI is InChI=1S/C6H10O8/c7-1-2(8)12-6-5(11-1)13-3(9)4(10)14-6/h1-10H/t1-,2-,3-,4-,5?,6?/m0/s1. The molecule has 2 saturated heterocycles. The molecule has 0 radical (unpaired) electrons. The van der Waals surface area contributed by atoms with Gasteiger partial charge in [-0.05, 0) is 0 Å². The number of aliphatic hydroxyl groups is 4. The second-order valence-electron chi connectivity index (χ2n) is 2.84. The fraction of sp³-hybridized carbons (Fsp3) is 1.00. The van der Waals surface area contributed by atoms with E-state index in [1.165, 1.54) is 0 Å². The quantitative estimate of drug-likeness (QED) is 0.334. The zero-order chi connectivity index (χ0) is 10.3. The molecule has 2 aliphatic rings. The summed E-state index contributed by atoms with van der Waals surface area (Å²) < 4.78 is 18.7. The summed E-state index contributed by atoms with van der Waals surface area (Å²) in [5.74, 6) is 0. The average Bonchev–Trinajstić information content (AvgIpc) is 2.11. The molecule has 0 unspecified atom stereocenters. The van der Waals surface area contributed by atoms with E-state index in [-0.39, 0.29) is 0 Å². The van der Waals surface area contributed by atoms with Crippen molar-refractivity contribution in [2.45, 2.75) is 37.7 Å². The van der Waals surface area contributed by atoms with Crippen molar-refractivity contribution in [3.63, 3.8) is 0 Å². The third kappa shape index (κ3) is 1.74. The van der Waals surface area contributed by atoms with Crippen molar-refractivity contribution in [1.82, 2.24) is 0 Å². The Bertz CT molecular complexity index is 168. The van der Waals surface area contributed by atoms with E-state index in [1.807, 2.05) is 0 Å². The lowest BCUT2D eigenvalue weighted by molar-refractivity contribution is -0.494. The fourth-order valence-electron chi connectivity index (χ4n) is 1.14. The average molecular weight is 210 g/mol. The molecule has 0 aromatic heterocycles. The first kappa shape index (κ1) is 10.2. The van der Waals surface area contributed by atoms with Gasteiger partial charge in [-0.1, -0.05) is 0 Å². The number of ether oxygens (including phenoxy) is 4. The van der Waals surface area contributed by atoms with Gasteiger partial charge in [0.15, 0.2) is 0 Å². The van der Waals surface area contributed by atoms with Crippen LogP contribution in [0.1, 0.15) is 0 Å². The minimum Gasteiger partial charge on any atom is -0.364 e. The van der Waals surface area contributed by atoms with Crippen LogP contribution in [-0.4, -0.2) is 58.2 Å². The summed E-state index contributed by atoms with van der Waals surface area (Å²) in [7, 11) is 0. The predicted octanol–water partition coefficient (Wildman–Crippen LogP) is -2.99. The normalized spacial score (nSPS) is 54.0. The summed E-state index contributed by atoms with van der Waals surface area (Å²) >= 11 is 0. The first-order chi connectivity index (χ1) is 6.58. The van der Waals surface area contributed by atoms with Gasteiger partial charge in [0.05, 0.1) is 0 Å². The molecule has 0 aromatic rings. The Kier molecular flexibility index (Phi) is 2.68. The van der Waals surface area contributed by atoms with Gasteiger partial charge in [-0.3, -0.25) is 0 Å². The zero-order valence-corrected chi connectivity index (χ0v) is 6.89. The predicted molar refractivity (Wildman–Crippen MR) is 35.9 cm³/mol. The molecule has 0 amide bonds. The largest absolute Gasteiger partial charge is 0.364 e. The SMILES string of the molecule is O[C@H]1OC2O[C@H](O)[C@@H](O)OC2O[C@@H]1O. The van der Waals surface area contributed by atoms with Gasteiger partial charge in [0.25, 0.3) is 0 Å². The first-order valence-corrected chi connectivity index (χ1v) is 3.92. The summed E-state index contributed by atoms with van der Waals surface area (Å²) in [6, 6.07) is 0. The van der Waals surface area contributed by atoms with E-state index < -0.39 is 37.7 Å². The van der Waals surface area contributed by atoms with E-state index in [2.05, 4.69) is 18.9 Å². The Morgan fingerprint density at radius 1 is 0.500 bits per heavy atom. The van der Waals surface area contributed by atoms with Crippen LogP contribution in [0.3, 0.4) is 0 Å². The van der Waals surface area contributed by atoms with Crippen LogP contribution < -0.4 is 0 Å². The molecule has 2 heterocycles. The summed E-state index contributed by atoms with van der Waals surface area (Å²) in [5.41, 5.74) is 0. The number of hydrogen-bond acceptors (Lipinski definition) is 8. The summed E-state index contributed by atoms with van der Waals surface area (Å²) in [5, 5.41) is 36.0. The Morgan fingerprint density at radius 3 is 0.929 bits per heavy atom. The molecule has 0 saturated carbocycles. The molecule has 0 bridgehead atoms. The molecule has 4 atom stereocenters. The van der Waals surface area contributed by atoms with E-state index in [9.17, 15) is 0 Å². The number of rotatable bonds is 0. The molecule has 2 aliphatic heterocycles. The lowest BCUT2D eigenvalue weighted by Gasteiger charge is -2.42. The van der Waals surface area contributed by atoms with E-state index in [4.69, 9.17) is 20.4 Å². The van der Waals surface area contributed by atoms with Crippen LogP contribution in [0.4, 0.5) is 0 Å². The molecule has 0 aliphatic carbocycles. The molecule has 4 N–H and O–H groups in total. The van der Waals surface area contributed by atoms with Gasteiger partial charge in [-0.15, -0.1) is 0 Å². The monoisotopic (exact) mass is 210 g/mol. The highest BCUT2D eigenvalue weighted by atomic mass is 16.9. The van der Waals surface area contributed by atoms with Crippen molar-refractivity contribution in [2.75, 3.05) is 0 Å². The van der Waals surface area contributed by atoms with E-state index in [0.29, 0.717) is 0 Å². The van der Waals surface area contributed by atoms with Gasteiger partial charge in [0.1, 0.15) is 0 Å². The van der Waals surface area contributed by atoms with Crippen LogP contribution in [0.25, 0.3) is 0 Å². The number of hydrogen-bond donors (Lipinski definition) is 4. The van der Waals surface area contributed by atoms with Crippen LogP contribution >= 0.6 is 0 Å². The summed E-state index contributed by atoms with van der Waals surface area (Å²) in [4.78, 5) is 0. The molecule has 8 heteroatoms. The number of aliphatic hydroxyl groups excluding tert-OH is 4. The van der Waals surface area contributed by atoms with Crippen molar-refractivity contribution >= 4 is 0 Å². The highest BCUT2D eigenvalue weighted by Crippen LogP contribution is 2.26. The van der Waals surface area contributed by atoms with Crippen molar-refractivity contribution in [3.05, 3.63) is 0 Å². The maximum atomic E-state index is 8.99. The molecule has 8 nitrogen and oxygen atoms in total. The van der Waals surface area contributed by atoms with Crippen LogP contribution in [0.5, 0.6) is 0 Å². The fourth-order valence-corrected chi connectivity index (χ4v) is 1.14. The van der Waals surface area contributed by atoms with Crippen LogP contribution in [0, 0.1) is 0 Å². The molecule has 82 valence electrons. The smallest absolute Gasteiger partial charge is 0.215 e. The topological polar surface area (TPSA) is 118 Å². The van der Waals surface area contributed by atoms with E-state index in [0.717, 1.165) is 0 Å². The van der Waals surface area contributed by atoms with Gasteiger partial charge < -0.3 is 39.4 Å². The second kappa shape index (κ2) is 3.68. The Hall–Kier alpha value is -0.320. The molecule has 2 fully saturated rings. The lowest BCUT2D eigenvalue weighted by atomic mass is 10.4. The van der Waals surface area contributed by atoms with Gasteiger partial charge in [0, 0.05) is 0 Å².